The summed E-state index contributed by atoms with van der Waals surface area (Å²) in [5.74, 6) is -0.417. The summed E-state index contributed by atoms with van der Waals surface area (Å²) < 4.78 is 10.6. The number of amides is 1. The maximum atomic E-state index is 12.4. The Morgan fingerprint density at radius 1 is 1.28 bits per heavy atom. The van der Waals surface area contributed by atoms with Crippen molar-refractivity contribution in [3.8, 4) is 17.4 Å². The van der Waals surface area contributed by atoms with Gasteiger partial charge in [-0.25, -0.2) is 4.79 Å². The first-order valence-corrected chi connectivity index (χ1v) is 9.34. The third-order valence-electron chi connectivity index (χ3n) is 5.11. The molecule has 0 saturated heterocycles. The maximum absolute atomic E-state index is 12.4. The van der Waals surface area contributed by atoms with Crippen LogP contribution in [0.15, 0.2) is 53.1 Å². The highest BCUT2D eigenvalue weighted by molar-refractivity contribution is 5.99. The van der Waals surface area contributed by atoms with Gasteiger partial charge in [0.15, 0.2) is 12.4 Å². The largest absolute Gasteiger partial charge is 0.452 e. The Balaban J connectivity index is 1.46. The van der Waals surface area contributed by atoms with Crippen LogP contribution in [0.25, 0.3) is 22.2 Å². The van der Waals surface area contributed by atoms with Crippen molar-refractivity contribution in [2.75, 3.05) is 6.61 Å². The average Bonchev–Trinajstić information content (AvgIpc) is 3.52. The summed E-state index contributed by atoms with van der Waals surface area (Å²) >= 11 is 0. The molecule has 1 fully saturated rings. The Bertz CT molecular complexity index is 1110. The summed E-state index contributed by atoms with van der Waals surface area (Å²) in [6.45, 7) is 1.24. The van der Waals surface area contributed by atoms with Crippen LogP contribution < -0.4 is 5.32 Å². The van der Waals surface area contributed by atoms with Crippen LogP contribution >= 0.6 is 0 Å². The van der Waals surface area contributed by atoms with Crippen molar-refractivity contribution in [2.24, 2.45) is 5.92 Å². The second kappa shape index (κ2) is 7.40. The fraction of sp³-hybridized carbons (Fsp3) is 0.273. The first kappa shape index (κ1) is 18.7. The molecule has 1 aliphatic carbocycles. The van der Waals surface area contributed by atoms with Crippen LogP contribution in [0, 0.1) is 17.2 Å². The second-order valence-corrected chi connectivity index (χ2v) is 7.32. The van der Waals surface area contributed by atoms with Crippen LogP contribution in [0.2, 0.25) is 0 Å². The summed E-state index contributed by atoms with van der Waals surface area (Å²) in [5.41, 5.74) is 0.828. The van der Waals surface area contributed by atoms with Gasteiger partial charge in [-0.3, -0.25) is 4.79 Å². The van der Waals surface area contributed by atoms with E-state index in [2.05, 4.69) is 16.5 Å². The second-order valence-electron chi connectivity index (χ2n) is 7.32. The maximum Gasteiger partial charge on any atom is 0.338 e. The summed E-state index contributed by atoms with van der Waals surface area (Å²) in [5, 5.41) is 16.7. The van der Waals surface area contributed by atoms with Gasteiger partial charge in [-0.15, -0.1) is 0 Å². The van der Waals surface area contributed by atoms with E-state index in [1.807, 2.05) is 30.3 Å². The van der Waals surface area contributed by atoms with Gasteiger partial charge in [-0.05, 0) is 43.9 Å². The number of nitrogens with one attached hydrogen (secondary N) is 1. The van der Waals surface area contributed by atoms with Crippen molar-refractivity contribution in [1.82, 2.24) is 10.5 Å². The molecule has 1 heterocycles. The van der Waals surface area contributed by atoms with Gasteiger partial charge in [0, 0.05) is 5.56 Å². The van der Waals surface area contributed by atoms with Gasteiger partial charge in [0.2, 0.25) is 0 Å². The van der Waals surface area contributed by atoms with Crippen molar-refractivity contribution in [2.45, 2.75) is 25.3 Å². The van der Waals surface area contributed by atoms with Crippen LogP contribution in [-0.4, -0.2) is 29.2 Å². The normalized spacial score (nSPS) is 15.3. The Kier molecular flexibility index (Phi) is 4.77. The minimum atomic E-state index is -0.921. The highest BCUT2D eigenvalue weighted by atomic mass is 16.5. The predicted octanol–water partition coefficient (Wildman–Crippen LogP) is 3.46. The number of carbonyl (C=O) groups is 2. The minimum Gasteiger partial charge on any atom is -0.452 e. The summed E-state index contributed by atoms with van der Waals surface area (Å²) in [6, 6.07) is 16.5. The van der Waals surface area contributed by atoms with E-state index in [9.17, 15) is 14.9 Å². The number of esters is 1. The van der Waals surface area contributed by atoms with Crippen molar-refractivity contribution < 1.29 is 18.8 Å². The van der Waals surface area contributed by atoms with Gasteiger partial charge >= 0.3 is 5.97 Å². The third-order valence-corrected chi connectivity index (χ3v) is 5.11. The molecule has 0 spiro atoms. The standard InChI is InChI=1S/C22H19N3O4/c1-22(13-23,16-8-9-16)24-19(26)12-28-21(27)15-7-10-18-17(11-15)20(29-25-18)14-5-3-2-4-6-14/h2-7,10-11,16H,8-9,12H2,1H3,(H,24,26)/t22-/m0/s1. The summed E-state index contributed by atoms with van der Waals surface area (Å²) in [6.07, 6.45) is 1.82. The predicted molar refractivity (Wildman–Crippen MR) is 105 cm³/mol. The molecular formula is C22H19N3O4. The fourth-order valence-corrected chi connectivity index (χ4v) is 3.29. The number of nitrogens with zero attached hydrogens (tertiary/aromatic N) is 2. The Hall–Kier alpha value is -3.66. The van der Waals surface area contributed by atoms with E-state index < -0.39 is 24.0 Å². The van der Waals surface area contributed by atoms with Gasteiger partial charge in [0.1, 0.15) is 11.1 Å². The van der Waals surface area contributed by atoms with Gasteiger partial charge in [0.05, 0.1) is 17.0 Å². The average molecular weight is 389 g/mol. The molecule has 7 nitrogen and oxygen atoms in total. The zero-order valence-electron chi connectivity index (χ0n) is 15.8. The first-order chi connectivity index (χ1) is 14.0. The summed E-state index contributed by atoms with van der Waals surface area (Å²) in [4.78, 5) is 24.6. The topological polar surface area (TPSA) is 105 Å². The molecule has 1 atom stereocenters. The van der Waals surface area contributed by atoms with Crippen LogP contribution in [0.1, 0.15) is 30.1 Å². The number of benzene rings is 2. The molecule has 1 amide bonds. The molecule has 4 rings (SSSR count). The van der Waals surface area contributed by atoms with E-state index in [4.69, 9.17) is 9.26 Å². The number of fused-ring (bicyclic) bond motifs is 1. The molecule has 0 radical (unpaired) electrons. The van der Waals surface area contributed by atoms with Crippen molar-refractivity contribution in [3.05, 3.63) is 54.1 Å². The highest BCUT2D eigenvalue weighted by Gasteiger charge is 2.43. The SMILES string of the molecule is C[C@@](C#N)(NC(=O)COC(=O)c1ccc2noc(-c3ccccc3)c2c1)C1CC1. The molecule has 7 heteroatoms. The zero-order valence-corrected chi connectivity index (χ0v) is 15.8. The number of carbonyl (C=O) groups excluding carboxylic acids is 2. The number of nitriles is 1. The Morgan fingerprint density at radius 2 is 2.03 bits per heavy atom. The first-order valence-electron chi connectivity index (χ1n) is 9.34. The van der Waals surface area contributed by atoms with E-state index in [0.29, 0.717) is 16.7 Å². The summed E-state index contributed by atoms with van der Waals surface area (Å²) in [7, 11) is 0. The molecule has 1 saturated carbocycles. The quantitative estimate of drug-likeness (QED) is 0.647. The molecule has 2 aromatic carbocycles. The molecule has 1 aliphatic rings. The lowest BCUT2D eigenvalue weighted by molar-refractivity contribution is -0.125. The smallest absolute Gasteiger partial charge is 0.338 e. The fourth-order valence-electron chi connectivity index (χ4n) is 3.29. The number of ether oxygens (including phenoxy) is 1. The number of hydrogen-bond acceptors (Lipinski definition) is 6. The van der Waals surface area contributed by atoms with E-state index in [1.165, 1.54) is 0 Å². The zero-order chi connectivity index (χ0) is 20.4. The van der Waals surface area contributed by atoms with Crippen LogP contribution in [-0.2, 0) is 9.53 Å². The van der Waals surface area contributed by atoms with E-state index in [0.717, 1.165) is 18.4 Å². The number of aromatic nitrogens is 1. The molecule has 1 N–H and O–H groups in total. The molecule has 3 aromatic rings. The van der Waals surface area contributed by atoms with Crippen LogP contribution in [0.3, 0.4) is 0 Å². The molecule has 146 valence electrons. The van der Waals surface area contributed by atoms with Gasteiger partial charge in [-0.1, -0.05) is 35.5 Å². The lowest BCUT2D eigenvalue weighted by atomic mass is 9.98. The van der Waals surface area contributed by atoms with Gasteiger partial charge in [0.25, 0.3) is 5.91 Å². The molecule has 0 unspecified atom stereocenters. The van der Waals surface area contributed by atoms with Crippen LogP contribution in [0.4, 0.5) is 0 Å². The number of rotatable bonds is 6. The molecule has 0 aliphatic heterocycles. The third kappa shape index (κ3) is 3.83. The Morgan fingerprint density at radius 3 is 2.72 bits per heavy atom. The number of hydrogen-bond donors (Lipinski definition) is 1. The highest BCUT2D eigenvalue weighted by Crippen LogP contribution is 2.39. The van der Waals surface area contributed by atoms with Gasteiger partial charge < -0.3 is 14.6 Å². The van der Waals surface area contributed by atoms with Crippen molar-refractivity contribution >= 4 is 22.8 Å². The monoisotopic (exact) mass is 389 g/mol. The van der Waals surface area contributed by atoms with E-state index >= 15 is 0 Å². The van der Waals surface area contributed by atoms with E-state index in [1.54, 1.807) is 25.1 Å². The molecule has 1 aromatic heterocycles. The molecule has 0 bridgehead atoms. The molecule has 29 heavy (non-hydrogen) atoms. The minimum absolute atomic E-state index is 0.152. The lowest BCUT2D eigenvalue weighted by Crippen LogP contribution is -2.48. The Labute approximate surface area is 167 Å². The van der Waals surface area contributed by atoms with Gasteiger partial charge in [-0.2, -0.15) is 5.26 Å². The van der Waals surface area contributed by atoms with E-state index in [-0.39, 0.29) is 11.5 Å². The lowest BCUT2D eigenvalue weighted by Gasteiger charge is -2.22. The van der Waals surface area contributed by atoms with Crippen molar-refractivity contribution in [1.29, 1.82) is 5.26 Å². The van der Waals surface area contributed by atoms with Crippen LogP contribution in [0.5, 0.6) is 0 Å². The van der Waals surface area contributed by atoms with Crippen molar-refractivity contribution in [3.63, 3.8) is 0 Å². The molecular weight excluding hydrogens is 370 g/mol.